The maximum Gasteiger partial charge on any atom is 0.307 e. The van der Waals surface area contributed by atoms with Gasteiger partial charge in [0, 0.05) is 23.1 Å². The highest BCUT2D eigenvalue weighted by Gasteiger charge is 2.15. The molecule has 3 aromatic carbocycles. The number of nitrogens with one attached hydrogen (secondary N) is 1. The van der Waals surface area contributed by atoms with Gasteiger partial charge < -0.3 is 13.9 Å². The van der Waals surface area contributed by atoms with Crippen LogP contribution in [0.2, 0.25) is 0 Å². The monoisotopic (exact) mass is 596 g/mol. The number of carbonyl (C=O) groups is 1. The number of hydrogen-bond acceptors (Lipinski definition) is 8. The minimum Gasteiger partial charge on any atom is -0.493 e. The molecule has 1 amide bonds. The Balaban J connectivity index is 1.46. The summed E-state index contributed by atoms with van der Waals surface area (Å²) in [5.41, 5.74) is 4.56. The number of non-ortho nitro benzene ring substituents is 1. The first-order valence-electron chi connectivity index (χ1n) is 10.4. The highest BCUT2D eigenvalue weighted by atomic mass is 127. The first-order valence-corrected chi connectivity index (χ1v) is 11.5. The summed E-state index contributed by atoms with van der Waals surface area (Å²) >= 11 is 2.10. The first kappa shape index (κ1) is 24.7. The minimum absolute atomic E-state index is 0.0313. The topological polar surface area (TPSA) is 140 Å². The first-order chi connectivity index (χ1) is 17.4. The van der Waals surface area contributed by atoms with Crippen LogP contribution in [0, 0.1) is 25.0 Å². The molecule has 0 fully saturated rings. The Morgan fingerprint density at radius 2 is 2.06 bits per heavy atom. The van der Waals surface area contributed by atoms with Gasteiger partial charge in [0.1, 0.15) is 12.2 Å². The molecule has 0 aliphatic rings. The van der Waals surface area contributed by atoms with E-state index in [0.29, 0.717) is 33.6 Å². The molecule has 0 radical (unpaired) electrons. The van der Waals surface area contributed by atoms with Gasteiger partial charge in [0.2, 0.25) is 0 Å². The summed E-state index contributed by atoms with van der Waals surface area (Å²) in [6.45, 7) is 0.195. The van der Waals surface area contributed by atoms with Crippen LogP contribution >= 0.6 is 22.6 Å². The Kier molecular flexibility index (Phi) is 7.45. The summed E-state index contributed by atoms with van der Waals surface area (Å²) < 4.78 is 17.6. The standard InChI is InChI=1S/C25H17IN4O6/c1-34-22-9-15(8-20(26)24(22)35-14-17-5-3-2-4-16(17)12-27)13-28-29-25(31)23-11-18-10-19(30(32)33)6-7-21(18)36-23/h2-11,13H,14H2,1H3,(H,29,31)/b28-13+. The van der Waals surface area contributed by atoms with Crippen molar-refractivity contribution in [2.45, 2.75) is 6.61 Å². The number of halogens is 1. The lowest BCUT2D eigenvalue weighted by Crippen LogP contribution is -2.16. The van der Waals surface area contributed by atoms with Crippen molar-refractivity contribution < 1.29 is 23.6 Å². The highest BCUT2D eigenvalue weighted by Crippen LogP contribution is 2.34. The Labute approximate surface area is 218 Å². The van der Waals surface area contributed by atoms with Crippen LogP contribution in [0.3, 0.4) is 0 Å². The molecule has 1 heterocycles. The lowest BCUT2D eigenvalue weighted by molar-refractivity contribution is -0.384. The van der Waals surface area contributed by atoms with Crippen LogP contribution in [0.25, 0.3) is 11.0 Å². The third-order valence-corrected chi connectivity index (χ3v) is 5.88. The number of nitro benzene ring substituents is 1. The van der Waals surface area contributed by atoms with E-state index in [1.165, 1.54) is 37.6 Å². The molecule has 4 aromatic rings. The summed E-state index contributed by atoms with van der Waals surface area (Å²) in [5.74, 6) is 0.338. The van der Waals surface area contributed by atoms with E-state index >= 15 is 0 Å². The third kappa shape index (κ3) is 5.44. The van der Waals surface area contributed by atoms with Gasteiger partial charge in [0.15, 0.2) is 17.3 Å². The molecule has 0 aliphatic heterocycles. The van der Waals surface area contributed by atoms with E-state index in [1.807, 2.05) is 12.1 Å². The number of amides is 1. The van der Waals surface area contributed by atoms with Crippen LogP contribution < -0.4 is 14.9 Å². The second-order valence-electron chi connectivity index (χ2n) is 7.38. The number of nitrogens with zero attached hydrogens (tertiary/aromatic N) is 3. The molecule has 0 saturated heterocycles. The number of hydrazone groups is 1. The van der Waals surface area contributed by atoms with Crippen LogP contribution in [-0.2, 0) is 6.61 Å². The second kappa shape index (κ2) is 10.9. The molecular weight excluding hydrogens is 579 g/mol. The number of benzene rings is 3. The SMILES string of the molecule is COc1cc(/C=N/NC(=O)c2cc3cc([N+](=O)[O-])ccc3o2)cc(I)c1OCc1ccccc1C#N. The minimum atomic E-state index is -0.608. The molecular formula is C25H17IN4O6. The quantitative estimate of drug-likeness (QED) is 0.128. The maximum atomic E-state index is 12.4. The zero-order valence-corrected chi connectivity index (χ0v) is 20.9. The van der Waals surface area contributed by atoms with Gasteiger partial charge in [-0.2, -0.15) is 10.4 Å². The molecule has 1 N–H and O–H groups in total. The van der Waals surface area contributed by atoms with Crippen molar-refractivity contribution in [3.63, 3.8) is 0 Å². The van der Waals surface area contributed by atoms with Crippen molar-refractivity contribution in [2.75, 3.05) is 7.11 Å². The fourth-order valence-electron chi connectivity index (χ4n) is 3.34. The van der Waals surface area contributed by atoms with Gasteiger partial charge in [0.05, 0.1) is 33.5 Å². The van der Waals surface area contributed by atoms with Crippen LogP contribution in [0.4, 0.5) is 5.69 Å². The fraction of sp³-hybridized carbons (Fsp3) is 0.0800. The van der Waals surface area contributed by atoms with E-state index in [-0.39, 0.29) is 18.1 Å². The lowest BCUT2D eigenvalue weighted by atomic mass is 10.1. The number of hydrogen-bond donors (Lipinski definition) is 1. The normalized spacial score (nSPS) is 10.8. The fourth-order valence-corrected chi connectivity index (χ4v) is 4.12. The number of rotatable bonds is 8. The van der Waals surface area contributed by atoms with Gasteiger partial charge in [-0.05, 0) is 58.5 Å². The summed E-state index contributed by atoms with van der Waals surface area (Å²) in [7, 11) is 1.51. The van der Waals surface area contributed by atoms with E-state index in [4.69, 9.17) is 13.9 Å². The van der Waals surface area contributed by atoms with E-state index in [9.17, 15) is 20.2 Å². The molecule has 0 bridgehead atoms. The van der Waals surface area contributed by atoms with E-state index in [2.05, 4.69) is 39.2 Å². The van der Waals surface area contributed by atoms with Gasteiger partial charge in [-0.15, -0.1) is 0 Å². The molecule has 0 unspecified atom stereocenters. The summed E-state index contributed by atoms with van der Waals surface area (Å²) in [6, 6.07) is 18.3. The Morgan fingerprint density at radius 1 is 1.25 bits per heavy atom. The number of ether oxygens (including phenoxy) is 2. The van der Waals surface area contributed by atoms with Crippen LogP contribution in [0.15, 0.2) is 70.2 Å². The Bertz CT molecular complexity index is 1540. The average molecular weight is 596 g/mol. The number of fused-ring (bicyclic) bond motifs is 1. The largest absolute Gasteiger partial charge is 0.493 e. The molecule has 0 saturated carbocycles. The van der Waals surface area contributed by atoms with E-state index < -0.39 is 10.8 Å². The smallest absolute Gasteiger partial charge is 0.307 e. The van der Waals surface area contributed by atoms with Crippen molar-refractivity contribution in [3.8, 4) is 17.6 Å². The zero-order chi connectivity index (χ0) is 25.7. The predicted octanol–water partition coefficient (Wildman–Crippen LogP) is 5.17. The zero-order valence-electron chi connectivity index (χ0n) is 18.7. The molecule has 4 rings (SSSR count). The summed E-state index contributed by atoms with van der Waals surface area (Å²) in [6.07, 6.45) is 1.44. The number of nitro groups is 1. The van der Waals surface area contributed by atoms with Gasteiger partial charge in [-0.1, -0.05) is 18.2 Å². The third-order valence-electron chi connectivity index (χ3n) is 5.08. The molecule has 36 heavy (non-hydrogen) atoms. The van der Waals surface area contributed by atoms with Crippen LogP contribution in [0.5, 0.6) is 11.5 Å². The van der Waals surface area contributed by atoms with Crippen LogP contribution in [0.1, 0.15) is 27.2 Å². The molecule has 0 aliphatic carbocycles. The number of nitriles is 1. The maximum absolute atomic E-state index is 12.4. The molecule has 1 aromatic heterocycles. The van der Waals surface area contributed by atoms with Gasteiger partial charge in [-0.3, -0.25) is 14.9 Å². The van der Waals surface area contributed by atoms with Crippen LogP contribution in [-0.4, -0.2) is 24.2 Å². The summed E-state index contributed by atoms with van der Waals surface area (Å²) in [5, 5.41) is 24.6. The lowest BCUT2D eigenvalue weighted by Gasteiger charge is -2.14. The van der Waals surface area contributed by atoms with Crippen molar-refractivity contribution in [1.29, 1.82) is 5.26 Å². The van der Waals surface area contributed by atoms with Crippen molar-refractivity contribution in [3.05, 3.63) is 96.8 Å². The Hall–Kier alpha value is -4.44. The molecule has 10 nitrogen and oxygen atoms in total. The van der Waals surface area contributed by atoms with Crippen molar-refractivity contribution in [2.24, 2.45) is 5.10 Å². The van der Waals surface area contributed by atoms with Gasteiger partial charge in [-0.25, -0.2) is 5.43 Å². The molecule has 11 heteroatoms. The number of furan rings is 1. The van der Waals surface area contributed by atoms with E-state index in [0.717, 1.165) is 9.13 Å². The summed E-state index contributed by atoms with van der Waals surface area (Å²) in [4.78, 5) is 22.8. The molecule has 0 atom stereocenters. The highest BCUT2D eigenvalue weighted by molar-refractivity contribution is 14.1. The molecule has 180 valence electrons. The molecule has 0 spiro atoms. The predicted molar refractivity (Wildman–Crippen MR) is 139 cm³/mol. The van der Waals surface area contributed by atoms with Gasteiger partial charge >= 0.3 is 5.91 Å². The van der Waals surface area contributed by atoms with E-state index in [1.54, 1.807) is 24.3 Å². The number of carbonyl (C=O) groups excluding carboxylic acids is 1. The van der Waals surface area contributed by atoms with Gasteiger partial charge in [0.25, 0.3) is 5.69 Å². The second-order valence-corrected chi connectivity index (χ2v) is 8.54. The van der Waals surface area contributed by atoms with Crippen molar-refractivity contribution in [1.82, 2.24) is 5.43 Å². The Morgan fingerprint density at radius 3 is 2.81 bits per heavy atom. The number of methoxy groups -OCH3 is 1. The van der Waals surface area contributed by atoms with Crippen molar-refractivity contribution >= 4 is 51.4 Å². The average Bonchev–Trinajstić information content (AvgIpc) is 3.31.